The van der Waals surface area contributed by atoms with Crippen molar-refractivity contribution in [1.29, 1.82) is 0 Å². The van der Waals surface area contributed by atoms with Gasteiger partial charge in [0, 0.05) is 12.6 Å². The molecule has 114 valence electrons. The van der Waals surface area contributed by atoms with Gasteiger partial charge in [0.1, 0.15) is 11.6 Å². The molecule has 0 aliphatic heterocycles. The molecule has 0 aliphatic rings. The van der Waals surface area contributed by atoms with Crippen LogP contribution in [-0.2, 0) is 4.79 Å². The SMILES string of the molecule is CCOc1ccc2nc(C(C)N(C)CCC(=O)O)[nH]c2c1. The van der Waals surface area contributed by atoms with E-state index in [4.69, 9.17) is 9.84 Å². The highest BCUT2D eigenvalue weighted by Crippen LogP contribution is 2.23. The first-order valence-corrected chi connectivity index (χ1v) is 7.05. The first-order chi connectivity index (χ1) is 10.0. The van der Waals surface area contributed by atoms with Crippen LogP contribution in [0.15, 0.2) is 18.2 Å². The summed E-state index contributed by atoms with van der Waals surface area (Å²) in [5, 5.41) is 8.75. The van der Waals surface area contributed by atoms with Gasteiger partial charge >= 0.3 is 5.97 Å². The summed E-state index contributed by atoms with van der Waals surface area (Å²) >= 11 is 0. The van der Waals surface area contributed by atoms with E-state index in [1.165, 1.54) is 0 Å². The number of aliphatic carboxylic acids is 1. The minimum atomic E-state index is -0.792. The van der Waals surface area contributed by atoms with Crippen LogP contribution in [0, 0.1) is 0 Å². The molecule has 6 heteroatoms. The van der Waals surface area contributed by atoms with Crippen molar-refractivity contribution in [2.24, 2.45) is 0 Å². The molecule has 1 aromatic heterocycles. The predicted molar refractivity (Wildman–Crippen MR) is 80.6 cm³/mol. The average molecular weight is 291 g/mol. The van der Waals surface area contributed by atoms with Crippen LogP contribution < -0.4 is 4.74 Å². The van der Waals surface area contributed by atoms with E-state index in [1.807, 2.05) is 44.0 Å². The Balaban J connectivity index is 2.15. The van der Waals surface area contributed by atoms with E-state index in [2.05, 4.69) is 9.97 Å². The Morgan fingerprint density at radius 3 is 2.95 bits per heavy atom. The highest BCUT2D eigenvalue weighted by Gasteiger charge is 2.16. The lowest BCUT2D eigenvalue weighted by Crippen LogP contribution is -2.25. The summed E-state index contributed by atoms with van der Waals surface area (Å²) in [6.07, 6.45) is 0.121. The normalized spacial score (nSPS) is 12.8. The predicted octanol–water partition coefficient (Wildman–Crippen LogP) is 2.43. The minimum Gasteiger partial charge on any atom is -0.494 e. The molecule has 0 fully saturated rings. The summed E-state index contributed by atoms with van der Waals surface area (Å²) in [5.41, 5.74) is 1.81. The van der Waals surface area contributed by atoms with Crippen LogP contribution >= 0.6 is 0 Å². The number of hydrogen-bond acceptors (Lipinski definition) is 4. The molecule has 0 saturated heterocycles. The number of aromatic amines is 1. The quantitative estimate of drug-likeness (QED) is 0.819. The van der Waals surface area contributed by atoms with E-state index < -0.39 is 5.97 Å². The first kappa shape index (κ1) is 15.3. The number of carboxylic acid groups (broad SMARTS) is 1. The van der Waals surface area contributed by atoms with Crippen molar-refractivity contribution < 1.29 is 14.6 Å². The number of rotatable bonds is 7. The van der Waals surface area contributed by atoms with Gasteiger partial charge in [-0.1, -0.05) is 0 Å². The number of nitrogens with zero attached hydrogens (tertiary/aromatic N) is 2. The van der Waals surface area contributed by atoms with Gasteiger partial charge in [-0.25, -0.2) is 4.98 Å². The fourth-order valence-electron chi connectivity index (χ4n) is 2.14. The second-order valence-electron chi connectivity index (χ2n) is 5.03. The molecule has 0 radical (unpaired) electrons. The monoisotopic (exact) mass is 291 g/mol. The molecule has 21 heavy (non-hydrogen) atoms. The number of carboxylic acids is 1. The van der Waals surface area contributed by atoms with E-state index in [0.717, 1.165) is 22.6 Å². The summed E-state index contributed by atoms with van der Waals surface area (Å²) < 4.78 is 5.47. The molecule has 0 amide bonds. The van der Waals surface area contributed by atoms with Crippen LogP contribution in [0.4, 0.5) is 0 Å². The average Bonchev–Trinajstić information content (AvgIpc) is 2.87. The van der Waals surface area contributed by atoms with Gasteiger partial charge in [-0.3, -0.25) is 9.69 Å². The Labute approximate surface area is 123 Å². The lowest BCUT2D eigenvalue weighted by Gasteiger charge is -2.21. The lowest BCUT2D eigenvalue weighted by atomic mass is 10.2. The van der Waals surface area contributed by atoms with Crippen LogP contribution in [-0.4, -0.2) is 46.1 Å². The number of aromatic nitrogens is 2. The Kier molecular flexibility index (Phi) is 4.80. The van der Waals surface area contributed by atoms with Gasteiger partial charge in [-0.15, -0.1) is 0 Å². The number of H-pyrrole nitrogens is 1. The van der Waals surface area contributed by atoms with E-state index in [-0.39, 0.29) is 12.5 Å². The van der Waals surface area contributed by atoms with Gasteiger partial charge < -0.3 is 14.8 Å². The molecule has 0 saturated carbocycles. The summed E-state index contributed by atoms with van der Waals surface area (Å²) in [5.74, 6) is 0.846. The maximum absolute atomic E-state index is 10.6. The van der Waals surface area contributed by atoms with Crippen LogP contribution in [0.3, 0.4) is 0 Å². The Morgan fingerprint density at radius 2 is 2.29 bits per heavy atom. The summed E-state index contributed by atoms with van der Waals surface area (Å²) in [4.78, 5) is 20.5. The number of hydrogen-bond donors (Lipinski definition) is 2. The Morgan fingerprint density at radius 1 is 1.52 bits per heavy atom. The van der Waals surface area contributed by atoms with Gasteiger partial charge in [-0.05, 0) is 33.0 Å². The topological polar surface area (TPSA) is 78.4 Å². The molecule has 1 unspecified atom stereocenters. The van der Waals surface area contributed by atoms with Crippen molar-refractivity contribution in [3.05, 3.63) is 24.0 Å². The smallest absolute Gasteiger partial charge is 0.304 e. The molecule has 2 rings (SSSR count). The maximum atomic E-state index is 10.6. The third kappa shape index (κ3) is 3.72. The number of benzene rings is 1. The third-order valence-electron chi connectivity index (χ3n) is 3.52. The Bertz CT molecular complexity index is 624. The highest BCUT2D eigenvalue weighted by molar-refractivity contribution is 5.76. The number of imidazole rings is 1. The van der Waals surface area contributed by atoms with Crippen LogP contribution in [0.1, 0.15) is 32.1 Å². The van der Waals surface area contributed by atoms with Crippen molar-refractivity contribution in [3.63, 3.8) is 0 Å². The van der Waals surface area contributed by atoms with E-state index in [9.17, 15) is 4.79 Å². The fraction of sp³-hybridized carbons (Fsp3) is 0.467. The molecule has 0 aliphatic carbocycles. The largest absolute Gasteiger partial charge is 0.494 e. The van der Waals surface area contributed by atoms with E-state index >= 15 is 0 Å². The zero-order valence-electron chi connectivity index (χ0n) is 12.6. The van der Waals surface area contributed by atoms with Crippen LogP contribution in [0.2, 0.25) is 0 Å². The maximum Gasteiger partial charge on any atom is 0.304 e. The van der Waals surface area contributed by atoms with E-state index in [0.29, 0.717) is 13.2 Å². The molecular formula is C15H21N3O3. The van der Waals surface area contributed by atoms with Crippen molar-refractivity contribution in [2.75, 3.05) is 20.2 Å². The highest BCUT2D eigenvalue weighted by atomic mass is 16.5. The molecule has 2 aromatic rings. The molecular weight excluding hydrogens is 270 g/mol. The summed E-state index contributed by atoms with van der Waals surface area (Å²) in [6, 6.07) is 5.77. The minimum absolute atomic E-state index is 0.0206. The first-order valence-electron chi connectivity index (χ1n) is 7.05. The van der Waals surface area contributed by atoms with Crippen molar-refractivity contribution in [2.45, 2.75) is 26.3 Å². The lowest BCUT2D eigenvalue weighted by molar-refractivity contribution is -0.137. The van der Waals surface area contributed by atoms with Gasteiger partial charge in [0.25, 0.3) is 0 Å². The zero-order valence-corrected chi connectivity index (χ0v) is 12.6. The summed E-state index contributed by atoms with van der Waals surface area (Å²) in [6.45, 7) is 5.06. The van der Waals surface area contributed by atoms with E-state index in [1.54, 1.807) is 0 Å². The van der Waals surface area contributed by atoms with Crippen molar-refractivity contribution in [3.8, 4) is 5.75 Å². The Hall–Kier alpha value is -2.08. The van der Waals surface area contributed by atoms with Gasteiger partial charge in [-0.2, -0.15) is 0 Å². The number of ether oxygens (including phenoxy) is 1. The summed E-state index contributed by atoms with van der Waals surface area (Å²) in [7, 11) is 1.90. The molecule has 6 nitrogen and oxygen atoms in total. The van der Waals surface area contributed by atoms with Gasteiger partial charge in [0.2, 0.25) is 0 Å². The number of nitrogens with one attached hydrogen (secondary N) is 1. The second-order valence-corrected chi connectivity index (χ2v) is 5.03. The molecule has 1 aromatic carbocycles. The van der Waals surface area contributed by atoms with Crippen molar-refractivity contribution in [1.82, 2.24) is 14.9 Å². The molecule has 1 atom stereocenters. The van der Waals surface area contributed by atoms with Gasteiger partial charge in [0.15, 0.2) is 0 Å². The molecule has 0 spiro atoms. The van der Waals surface area contributed by atoms with Crippen molar-refractivity contribution >= 4 is 17.0 Å². The third-order valence-corrected chi connectivity index (χ3v) is 3.52. The van der Waals surface area contributed by atoms with Gasteiger partial charge in [0.05, 0.1) is 30.1 Å². The van der Waals surface area contributed by atoms with Crippen LogP contribution in [0.5, 0.6) is 5.75 Å². The molecule has 1 heterocycles. The molecule has 2 N–H and O–H groups in total. The number of carbonyl (C=O) groups is 1. The standard InChI is InChI=1S/C15H21N3O3/c1-4-21-11-5-6-12-13(9-11)17-15(16-12)10(2)18(3)8-7-14(19)20/h5-6,9-10H,4,7-8H2,1-3H3,(H,16,17)(H,19,20). The molecule has 0 bridgehead atoms. The zero-order chi connectivity index (χ0) is 15.4. The fourth-order valence-corrected chi connectivity index (χ4v) is 2.14. The second kappa shape index (κ2) is 6.58. The number of fused-ring (bicyclic) bond motifs is 1. The van der Waals surface area contributed by atoms with Crippen LogP contribution in [0.25, 0.3) is 11.0 Å².